The van der Waals surface area contributed by atoms with Crippen molar-refractivity contribution >= 4 is 38.4 Å². The Morgan fingerprint density at radius 2 is 1.91 bits per heavy atom. The number of rotatable bonds is 3. The van der Waals surface area contributed by atoms with Gasteiger partial charge in [-0.05, 0) is 55.3 Å². The summed E-state index contributed by atoms with van der Waals surface area (Å²) in [6, 6.07) is 11.1. The number of thiazole rings is 1. The first-order valence-electron chi connectivity index (χ1n) is 7.15. The summed E-state index contributed by atoms with van der Waals surface area (Å²) < 4.78 is 6.16. The predicted octanol–water partition coefficient (Wildman–Crippen LogP) is 4.57. The van der Waals surface area contributed by atoms with E-state index < -0.39 is 0 Å². The summed E-state index contributed by atoms with van der Waals surface area (Å²) in [5.74, 6) is 0.771. The first-order chi connectivity index (χ1) is 11.0. The fraction of sp³-hybridized carbons (Fsp3) is 0.176. The predicted molar refractivity (Wildman–Crippen MR) is 94.7 cm³/mol. The molecule has 1 aromatic heterocycles. The van der Waals surface area contributed by atoms with E-state index in [0.29, 0.717) is 5.13 Å². The summed E-state index contributed by atoms with van der Waals surface area (Å²) in [6.07, 6.45) is 0. The van der Waals surface area contributed by atoms with E-state index in [1.54, 1.807) is 7.11 Å². The third kappa shape index (κ3) is 3.43. The maximum Gasteiger partial charge on any atom is 0.325 e. The Balaban J connectivity index is 1.73. The largest absolute Gasteiger partial charge is 0.497 e. The summed E-state index contributed by atoms with van der Waals surface area (Å²) in [4.78, 5) is 16.5. The molecule has 2 N–H and O–H groups in total. The molecule has 0 aliphatic rings. The first-order valence-corrected chi connectivity index (χ1v) is 7.96. The van der Waals surface area contributed by atoms with E-state index >= 15 is 0 Å². The van der Waals surface area contributed by atoms with Gasteiger partial charge in [0.05, 0.1) is 17.3 Å². The second-order valence-electron chi connectivity index (χ2n) is 5.23. The highest BCUT2D eigenvalue weighted by molar-refractivity contribution is 7.22. The van der Waals surface area contributed by atoms with E-state index in [0.717, 1.165) is 27.2 Å². The number of carbonyl (C=O) groups is 1. The van der Waals surface area contributed by atoms with Gasteiger partial charge in [0.1, 0.15) is 5.75 Å². The van der Waals surface area contributed by atoms with Gasteiger partial charge in [0.2, 0.25) is 0 Å². The van der Waals surface area contributed by atoms with Crippen LogP contribution in [0.2, 0.25) is 0 Å². The number of ether oxygens (including phenoxy) is 1. The lowest BCUT2D eigenvalue weighted by atomic mass is 10.1. The molecule has 0 spiro atoms. The average molecular weight is 327 g/mol. The van der Waals surface area contributed by atoms with E-state index in [1.807, 2.05) is 50.2 Å². The molecular formula is C17H17N3O2S. The van der Waals surface area contributed by atoms with Gasteiger partial charge in [-0.25, -0.2) is 9.78 Å². The quantitative estimate of drug-likeness (QED) is 0.741. The monoisotopic (exact) mass is 327 g/mol. The summed E-state index contributed by atoms with van der Waals surface area (Å²) in [7, 11) is 1.62. The fourth-order valence-electron chi connectivity index (χ4n) is 2.16. The molecule has 5 nitrogen and oxygen atoms in total. The smallest absolute Gasteiger partial charge is 0.325 e. The molecule has 0 unspecified atom stereocenters. The number of hydrogen-bond acceptors (Lipinski definition) is 4. The molecular weight excluding hydrogens is 310 g/mol. The number of anilines is 2. The van der Waals surface area contributed by atoms with Crippen LogP contribution in [0, 0.1) is 13.8 Å². The molecule has 118 valence electrons. The van der Waals surface area contributed by atoms with Crippen molar-refractivity contribution in [3.8, 4) is 5.75 Å². The van der Waals surface area contributed by atoms with Crippen LogP contribution in [-0.4, -0.2) is 18.1 Å². The zero-order chi connectivity index (χ0) is 16.4. The lowest BCUT2D eigenvalue weighted by Gasteiger charge is -2.07. The summed E-state index contributed by atoms with van der Waals surface area (Å²) in [6.45, 7) is 4.05. The van der Waals surface area contributed by atoms with Crippen molar-refractivity contribution < 1.29 is 9.53 Å². The maximum absolute atomic E-state index is 12.1. The van der Waals surface area contributed by atoms with Crippen LogP contribution < -0.4 is 15.4 Å². The number of methoxy groups -OCH3 is 1. The summed E-state index contributed by atoms with van der Waals surface area (Å²) in [5, 5.41) is 6.14. The molecule has 0 aliphatic heterocycles. The highest BCUT2D eigenvalue weighted by Gasteiger charge is 2.09. The van der Waals surface area contributed by atoms with E-state index in [-0.39, 0.29) is 6.03 Å². The SMILES string of the molecule is COc1ccc2nc(NC(=O)Nc3ccc(C)c(C)c3)sc2c1. The van der Waals surface area contributed by atoms with Crippen LogP contribution in [0.25, 0.3) is 10.2 Å². The number of carbonyl (C=O) groups excluding carboxylic acids is 1. The molecule has 0 radical (unpaired) electrons. The van der Waals surface area contributed by atoms with Crippen molar-refractivity contribution in [1.29, 1.82) is 0 Å². The van der Waals surface area contributed by atoms with Crippen molar-refractivity contribution in [2.45, 2.75) is 13.8 Å². The van der Waals surface area contributed by atoms with Gasteiger partial charge in [-0.15, -0.1) is 0 Å². The number of amides is 2. The number of nitrogens with zero attached hydrogens (tertiary/aromatic N) is 1. The van der Waals surface area contributed by atoms with E-state index in [2.05, 4.69) is 15.6 Å². The van der Waals surface area contributed by atoms with Gasteiger partial charge in [-0.2, -0.15) is 0 Å². The van der Waals surface area contributed by atoms with Crippen LogP contribution >= 0.6 is 11.3 Å². The van der Waals surface area contributed by atoms with E-state index in [1.165, 1.54) is 16.9 Å². The van der Waals surface area contributed by atoms with Crippen molar-refractivity contribution in [3.05, 3.63) is 47.5 Å². The molecule has 0 saturated carbocycles. The molecule has 6 heteroatoms. The zero-order valence-corrected chi connectivity index (χ0v) is 14.0. The van der Waals surface area contributed by atoms with Gasteiger partial charge in [-0.1, -0.05) is 17.4 Å². The Morgan fingerprint density at radius 3 is 2.65 bits per heavy atom. The van der Waals surface area contributed by atoms with Crippen LogP contribution in [0.1, 0.15) is 11.1 Å². The third-order valence-corrected chi connectivity index (χ3v) is 4.51. The maximum atomic E-state index is 12.1. The topological polar surface area (TPSA) is 63.2 Å². The molecule has 3 aromatic rings. The zero-order valence-electron chi connectivity index (χ0n) is 13.1. The minimum Gasteiger partial charge on any atom is -0.497 e. The molecule has 2 aromatic carbocycles. The van der Waals surface area contributed by atoms with Crippen molar-refractivity contribution in [2.24, 2.45) is 0 Å². The number of aryl methyl sites for hydroxylation is 2. The minimum absolute atomic E-state index is 0.306. The second kappa shape index (κ2) is 6.26. The van der Waals surface area contributed by atoms with Crippen molar-refractivity contribution in [1.82, 2.24) is 4.98 Å². The number of fused-ring (bicyclic) bond motifs is 1. The Morgan fingerprint density at radius 1 is 1.09 bits per heavy atom. The molecule has 0 bridgehead atoms. The van der Waals surface area contributed by atoms with Crippen molar-refractivity contribution in [3.63, 3.8) is 0 Å². The number of benzene rings is 2. The Hall–Kier alpha value is -2.60. The third-order valence-electron chi connectivity index (χ3n) is 3.58. The Bertz CT molecular complexity index is 873. The van der Waals surface area contributed by atoms with Crippen LogP contribution in [-0.2, 0) is 0 Å². The van der Waals surface area contributed by atoms with Gasteiger partial charge in [0, 0.05) is 5.69 Å². The van der Waals surface area contributed by atoms with Crippen molar-refractivity contribution in [2.75, 3.05) is 17.7 Å². The van der Waals surface area contributed by atoms with Gasteiger partial charge in [0.15, 0.2) is 5.13 Å². The van der Waals surface area contributed by atoms with Crippen LogP contribution in [0.5, 0.6) is 5.75 Å². The second-order valence-corrected chi connectivity index (χ2v) is 6.26. The molecule has 0 atom stereocenters. The van der Waals surface area contributed by atoms with E-state index in [4.69, 9.17) is 4.74 Å². The summed E-state index contributed by atoms with van der Waals surface area (Å²) in [5.41, 5.74) is 3.91. The Labute approximate surface area is 138 Å². The molecule has 0 aliphatic carbocycles. The Kier molecular flexibility index (Phi) is 4.16. The van der Waals surface area contributed by atoms with Crippen LogP contribution in [0.15, 0.2) is 36.4 Å². The molecule has 3 rings (SSSR count). The number of aromatic nitrogens is 1. The molecule has 0 fully saturated rings. The standard InChI is InChI=1S/C17H17N3O2S/c1-10-4-5-12(8-11(10)2)18-16(21)20-17-19-14-7-6-13(22-3)9-15(14)23-17/h4-9H,1-3H3,(H2,18,19,20,21). The van der Waals surface area contributed by atoms with Gasteiger partial charge in [0.25, 0.3) is 0 Å². The van der Waals surface area contributed by atoms with Gasteiger partial charge in [-0.3, -0.25) is 5.32 Å². The molecule has 2 amide bonds. The van der Waals surface area contributed by atoms with Gasteiger partial charge >= 0.3 is 6.03 Å². The first kappa shape index (κ1) is 15.3. The van der Waals surface area contributed by atoms with Crippen LogP contribution in [0.3, 0.4) is 0 Å². The van der Waals surface area contributed by atoms with Crippen LogP contribution in [0.4, 0.5) is 15.6 Å². The van der Waals surface area contributed by atoms with Gasteiger partial charge < -0.3 is 10.1 Å². The van der Waals surface area contributed by atoms with E-state index in [9.17, 15) is 4.79 Å². The highest BCUT2D eigenvalue weighted by Crippen LogP contribution is 2.29. The highest BCUT2D eigenvalue weighted by atomic mass is 32.1. The summed E-state index contributed by atoms with van der Waals surface area (Å²) >= 11 is 1.41. The number of nitrogens with one attached hydrogen (secondary N) is 2. The molecule has 1 heterocycles. The normalized spacial score (nSPS) is 10.6. The lowest BCUT2D eigenvalue weighted by Crippen LogP contribution is -2.19. The molecule has 23 heavy (non-hydrogen) atoms. The number of hydrogen-bond donors (Lipinski definition) is 2. The minimum atomic E-state index is -0.306. The lowest BCUT2D eigenvalue weighted by molar-refractivity contribution is 0.262. The fourth-order valence-corrected chi connectivity index (χ4v) is 3.05. The average Bonchev–Trinajstić information content (AvgIpc) is 2.91. The number of urea groups is 1. The molecule has 0 saturated heterocycles.